The van der Waals surface area contributed by atoms with Gasteiger partial charge in [-0.25, -0.2) is 4.79 Å². The van der Waals surface area contributed by atoms with E-state index in [0.29, 0.717) is 6.54 Å². The number of fused-ring (bicyclic) bond motifs is 1. The molecule has 0 bridgehead atoms. The predicted molar refractivity (Wildman–Crippen MR) is 84.1 cm³/mol. The van der Waals surface area contributed by atoms with Crippen LogP contribution in [0, 0.1) is 0 Å². The van der Waals surface area contributed by atoms with Crippen LogP contribution in [0.4, 0.5) is 10.5 Å². The first-order chi connectivity index (χ1) is 9.65. The second-order valence-corrected chi connectivity index (χ2v) is 5.89. The van der Waals surface area contributed by atoms with Gasteiger partial charge in [0.2, 0.25) is 0 Å². The number of benzene rings is 2. The average Bonchev–Trinajstić information content (AvgIpc) is 2.48. The fraction of sp³-hybridized carbons (Fsp3) is 0.188. The highest BCUT2D eigenvalue weighted by atomic mass is 79.9. The monoisotopic (exact) mass is 330 g/mol. The van der Waals surface area contributed by atoms with Crippen LogP contribution in [-0.4, -0.2) is 18.0 Å². The highest BCUT2D eigenvalue weighted by Crippen LogP contribution is 2.34. The summed E-state index contributed by atoms with van der Waals surface area (Å²) in [6, 6.07) is 16.4. The number of alkyl halides is 1. The Hall–Kier alpha value is -1.81. The summed E-state index contributed by atoms with van der Waals surface area (Å²) in [7, 11) is 1.80. The van der Waals surface area contributed by atoms with E-state index in [2.05, 4.69) is 45.5 Å². The van der Waals surface area contributed by atoms with E-state index in [-0.39, 0.29) is 10.9 Å². The molecule has 0 fully saturated rings. The number of carbonyl (C=O) groups excluding carboxylic acids is 1. The van der Waals surface area contributed by atoms with Crippen molar-refractivity contribution in [3.05, 3.63) is 65.2 Å². The molecule has 1 aliphatic rings. The van der Waals surface area contributed by atoms with Crippen LogP contribution in [0.1, 0.15) is 21.5 Å². The SMILES string of the molecule is CN1Cc2cc(C(Br)c3ccccc3)ccc2NC1=O. The van der Waals surface area contributed by atoms with E-state index in [1.54, 1.807) is 11.9 Å². The van der Waals surface area contributed by atoms with Gasteiger partial charge in [-0.3, -0.25) is 0 Å². The van der Waals surface area contributed by atoms with Crippen LogP contribution in [0.15, 0.2) is 48.5 Å². The number of nitrogens with zero attached hydrogens (tertiary/aromatic N) is 1. The second kappa shape index (κ2) is 5.29. The first kappa shape index (κ1) is 13.2. The molecule has 4 heteroatoms. The Bertz CT molecular complexity index is 642. The third-order valence-electron chi connectivity index (χ3n) is 3.51. The van der Waals surface area contributed by atoms with Gasteiger partial charge in [-0.15, -0.1) is 0 Å². The summed E-state index contributed by atoms with van der Waals surface area (Å²) in [6.45, 7) is 0.642. The molecule has 3 nitrogen and oxygen atoms in total. The van der Waals surface area contributed by atoms with Gasteiger partial charge in [0, 0.05) is 19.3 Å². The predicted octanol–water partition coefficient (Wildman–Crippen LogP) is 4.15. The Kier molecular flexibility index (Phi) is 3.49. The Morgan fingerprint density at radius 3 is 2.65 bits per heavy atom. The largest absolute Gasteiger partial charge is 0.323 e. The van der Waals surface area contributed by atoms with Crippen LogP contribution >= 0.6 is 15.9 Å². The van der Waals surface area contributed by atoms with Gasteiger partial charge in [-0.05, 0) is 22.8 Å². The van der Waals surface area contributed by atoms with Gasteiger partial charge in [0.25, 0.3) is 0 Å². The summed E-state index contributed by atoms with van der Waals surface area (Å²) in [4.78, 5) is 13.4. The number of urea groups is 1. The summed E-state index contributed by atoms with van der Waals surface area (Å²) < 4.78 is 0. The van der Waals surface area contributed by atoms with Gasteiger partial charge in [-0.1, -0.05) is 58.4 Å². The summed E-state index contributed by atoms with van der Waals surface area (Å²) >= 11 is 3.75. The van der Waals surface area contributed by atoms with Crippen molar-refractivity contribution in [2.24, 2.45) is 0 Å². The highest BCUT2D eigenvalue weighted by molar-refractivity contribution is 9.09. The van der Waals surface area contributed by atoms with Crippen molar-refractivity contribution in [1.82, 2.24) is 4.90 Å². The van der Waals surface area contributed by atoms with Gasteiger partial charge >= 0.3 is 6.03 Å². The maximum absolute atomic E-state index is 11.6. The number of anilines is 1. The zero-order valence-electron chi connectivity index (χ0n) is 11.1. The topological polar surface area (TPSA) is 32.3 Å². The van der Waals surface area contributed by atoms with Gasteiger partial charge < -0.3 is 10.2 Å². The van der Waals surface area contributed by atoms with E-state index in [0.717, 1.165) is 11.3 Å². The van der Waals surface area contributed by atoms with Crippen molar-refractivity contribution in [2.75, 3.05) is 12.4 Å². The molecule has 0 spiro atoms. The third-order valence-corrected chi connectivity index (χ3v) is 4.57. The van der Waals surface area contributed by atoms with Crippen LogP contribution in [0.5, 0.6) is 0 Å². The van der Waals surface area contributed by atoms with E-state index < -0.39 is 0 Å². The van der Waals surface area contributed by atoms with E-state index >= 15 is 0 Å². The molecule has 0 aliphatic carbocycles. The van der Waals surface area contributed by atoms with E-state index in [1.165, 1.54) is 11.1 Å². The standard InChI is InChI=1S/C16H15BrN2O/c1-19-10-13-9-12(7-8-14(13)18-16(19)20)15(17)11-5-3-2-4-6-11/h2-9,15H,10H2,1H3,(H,18,20). The Morgan fingerprint density at radius 2 is 1.90 bits per heavy atom. The number of carbonyl (C=O) groups is 1. The molecule has 2 aromatic carbocycles. The van der Waals surface area contributed by atoms with Crippen molar-refractivity contribution in [3.63, 3.8) is 0 Å². The zero-order valence-corrected chi connectivity index (χ0v) is 12.7. The van der Waals surface area contributed by atoms with E-state index in [1.807, 2.05) is 24.3 Å². The maximum Gasteiger partial charge on any atom is 0.321 e. The van der Waals surface area contributed by atoms with Crippen LogP contribution in [0.25, 0.3) is 0 Å². The summed E-state index contributed by atoms with van der Waals surface area (Å²) in [5, 5.41) is 2.89. The van der Waals surface area contributed by atoms with Gasteiger partial charge in [0.05, 0.1) is 4.83 Å². The first-order valence-corrected chi connectivity index (χ1v) is 7.40. The average molecular weight is 331 g/mol. The molecule has 102 valence electrons. The number of hydrogen-bond acceptors (Lipinski definition) is 1. The van der Waals surface area contributed by atoms with Crippen molar-refractivity contribution in [3.8, 4) is 0 Å². The molecule has 0 radical (unpaired) electrons. The van der Waals surface area contributed by atoms with Gasteiger partial charge in [0.15, 0.2) is 0 Å². The first-order valence-electron chi connectivity index (χ1n) is 6.49. The Morgan fingerprint density at radius 1 is 1.15 bits per heavy atom. The molecule has 1 aliphatic heterocycles. The lowest BCUT2D eigenvalue weighted by Gasteiger charge is -2.26. The minimum atomic E-state index is -0.0521. The van der Waals surface area contributed by atoms with Crippen molar-refractivity contribution in [1.29, 1.82) is 0 Å². The molecule has 2 amide bonds. The number of rotatable bonds is 2. The molecular weight excluding hydrogens is 316 g/mol. The third kappa shape index (κ3) is 2.43. The quantitative estimate of drug-likeness (QED) is 0.824. The van der Waals surface area contributed by atoms with Crippen molar-refractivity contribution in [2.45, 2.75) is 11.4 Å². The minimum Gasteiger partial charge on any atom is -0.323 e. The number of amides is 2. The lowest BCUT2D eigenvalue weighted by molar-refractivity contribution is 0.218. The molecule has 0 aromatic heterocycles. The Labute approximate surface area is 126 Å². The fourth-order valence-corrected chi connectivity index (χ4v) is 2.97. The molecule has 3 rings (SSSR count). The number of nitrogens with one attached hydrogen (secondary N) is 1. The summed E-state index contributed by atoms with van der Waals surface area (Å²) in [6.07, 6.45) is 0. The molecule has 0 saturated heterocycles. The minimum absolute atomic E-state index is 0.0521. The van der Waals surface area contributed by atoms with Crippen LogP contribution in [0.3, 0.4) is 0 Å². The van der Waals surface area contributed by atoms with E-state index in [9.17, 15) is 4.79 Å². The van der Waals surface area contributed by atoms with Crippen LogP contribution in [-0.2, 0) is 6.54 Å². The molecule has 20 heavy (non-hydrogen) atoms. The smallest absolute Gasteiger partial charge is 0.321 e. The molecular formula is C16H15BrN2O. The van der Waals surface area contributed by atoms with E-state index in [4.69, 9.17) is 0 Å². The van der Waals surface area contributed by atoms with Crippen molar-refractivity contribution < 1.29 is 4.79 Å². The lowest BCUT2D eigenvalue weighted by atomic mass is 10.0. The molecule has 1 heterocycles. The fourth-order valence-electron chi connectivity index (χ4n) is 2.38. The molecule has 0 saturated carbocycles. The maximum atomic E-state index is 11.6. The number of halogens is 1. The number of hydrogen-bond donors (Lipinski definition) is 1. The zero-order chi connectivity index (χ0) is 14.1. The normalized spacial score (nSPS) is 15.5. The van der Waals surface area contributed by atoms with Gasteiger partial charge in [0.1, 0.15) is 0 Å². The van der Waals surface area contributed by atoms with Crippen LogP contribution in [0.2, 0.25) is 0 Å². The molecule has 2 aromatic rings. The summed E-state index contributed by atoms with van der Waals surface area (Å²) in [5.41, 5.74) is 4.47. The second-order valence-electron chi connectivity index (χ2n) is 4.98. The van der Waals surface area contributed by atoms with Crippen LogP contribution < -0.4 is 5.32 Å². The molecule has 1 N–H and O–H groups in total. The molecule has 1 unspecified atom stereocenters. The molecule has 1 atom stereocenters. The Balaban J connectivity index is 1.93. The van der Waals surface area contributed by atoms with Crippen molar-refractivity contribution >= 4 is 27.6 Å². The summed E-state index contributed by atoms with van der Waals surface area (Å²) in [5.74, 6) is 0. The van der Waals surface area contributed by atoms with Gasteiger partial charge in [-0.2, -0.15) is 0 Å². The highest BCUT2D eigenvalue weighted by Gasteiger charge is 2.20. The lowest BCUT2D eigenvalue weighted by Crippen LogP contribution is -2.35.